The lowest BCUT2D eigenvalue weighted by Crippen LogP contribution is -2.29. The summed E-state index contributed by atoms with van der Waals surface area (Å²) in [6.45, 7) is 3.67. The Morgan fingerprint density at radius 2 is 1.82 bits per heavy atom. The van der Waals surface area contributed by atoms with E-state index in [2.05, 4.69) is 4.98 Å². The molecule has 0 saturated carbocycles. The molecule has 1 aromatic carbocycles. The number of carbonyl (C=O) groups excluding carboxylic acids is 1. The quantitative estimate of drug-likeness (QED) is 0.940. The van der Waals surface area contributed by atoms with Crippen molar-refractivity contribution in [1.29, 1.82) is 0 Å². The van der Waals surface area contributed by atoms with Gasteiger partial charge in [0, 0.05) is 18.0 Å². The van der Waals surface area contributed by atoms with Crippen LogP contribution in [0.4, 0.5) is 0 Å². The van der Waals surface area contributed by atoms with E-state index in [1.165, 1.54) is 6.08 Å². The molecular weight excluding hydrogens is 300 g/mol. The van der Waals surface area contributed by atoms with Gasteiger partial charge in [-0.2, -0.15) is 0 Å². The number of carbonyl (C=O) groups is 1. The van der Waals surface area contributed by atoms with Crippen molar-refractivity contribution in [3.63, 3.8) is 0 Å². The number of rotatable bonds is 4. The number of nitrogens with zero attached hydrogens (tertiary/aromatic N) is 1. The minimum Gasteiger partial charge on any atom is -0.268 e. The van der Waals surface area contributed by atoms with Gasteiger partial charge in [-0.1, -0.05) is 17.7 Å². The molecule has 0 atom stereocenters. The molecule has 0 spiro atoms. The number of hydrogen-bond donors (Lipinski definition) is 1. The molecule has 114 valence electrons. The Kier molecular flexibility index (Phi) is 4.72. The Hall–Kier alpha value is -2.47. The molecule has 1 N–H and O–H groups in total. The minimum atomic E-state index is -3.85. The fourth-order valence-corrected chi connectivity index (χ4v) is 2.70. The fraction of sp³-hybridized carbons (Fsp3) is 0.125. The van der Waals surface area contributed by atoms with Crippen LogP contribution in [0.5, 0.6) is 0 Å². The molecule has 6 heteroatoms. The lowest BCUT2D eigenvalue weighted by atomic mass is 10.1. The molecular formula is C16H16N2O3S. The van der Waals surface area contributed by atoms with Crippen molar-refractivity contribution in [1.82, 2.24) is 9.71 Å². The van der Waals surface area contributed by atoms with Gasteiger partial charge in [-0.15, -0.1) is 0 Å². The lowest BCUT2D eigenvalue weighted by molar-refractivity contribution is 0.0981. The average molecular weight is 316 g/mol. The van der Waals surface area contributed by atoms with Crippen molar-refractivity contribution in [2.75, 3.05) is 0 Å². The molecule has 0 aliphatic carbocycles. The summed E-state index contributed by atoms with van der Waals surface area (Å²) >= 11 is 0. The zero-order chi connectivity index (χ0) is 16.2. The van der Waals surface area contributed by atoms with E-state index in [9.17, 15) is 13.2 Å². The second kappa shape index (κ2) is 6.53. The van der Waals surface area contributed by atoms with Gasteiger partial charge in [0.2, 0.25) is 0 Å². The molecule has 0 aliphatic rings. The van der Waals surface area contributed by atoms with Gasteiger partial charge < -0.3 is 0 Å². The van der Waals surface area contributed by atoms with Gasteiger partial charge in [-0.05, 0) is 49.2 Å². The SMILES string of the molecule is Cc1ccc(C(=O)NS(=O)(=O)/C=C/c2ccncc2)c(C)c1. The van der Waals surface area contributed by atoms with Crippen LogP contribution in [0.1, 0.15) is 27.0 Å². The Labute approximate surface area is 129 Å². The molecule has 0 aliphatic heterocycles. The summed E-state index contributed by atoms with van der Waals surface area (Å²) in [7, 11) is -3.85. The van der Waals surface area contributed by atoms with E-state index >= 15 is 0 Å². The molecule has 2 rings (SSSR count). The lowest BCUT2D eigenvalue weighted by Gasteiger charge is -2.07. The monoisotopic (exact) mass is 316 g/mol. The highest BCUT2D eigenvalue weighted by molar-refractivity contribution is 7.93. The van der Waals surface area contributed by atoms with Crippen molar-refractivity contribution in [2.45, 2.75) is 13.8 Å². The number of pyridine rings is 1. The summed E-state index contributed by atoms with van der Waals surface area (Å²) in [6, 6.07) is 8.54. The summed E-state index contributed by atoms with van der Waals surface area (Å²) in [4.78, 5) is 15.9. The van der Waals surface area contributed by atoms with Crippen LogP contribution in [0.2, 0.25) is 0 Å². The summed E-state index contributed by atoms with van der Waals surface area (Å²) < 4.78 is 25.9. The first-order chi connectivity index (χ1) is 10.4. The molecule has 5 nitrogen and oxygen atoms in total. The first kappa shape index (κ1) is 15.9. The number of hydrogen-bond acceptors (Lipinski definition) is 4. The summed E-state index contributed by atoms with van der Waals surface area (Å²) in [5.74, 6) is -0.642. The largest absolute Gasteiger partial charge is 0.268 e. The zero-order valence-electron chi connectivity index (χ0n) is 12.3. The van der Waals surface area contributed by atoms with E-state index in [4.69, 9.17) is 0 Å². The van der Waals surface area contributed by atoms with E-state index < -0.39 is 15.9 Å². The molecule has 1 aromatic heterocycles. The van der Waals surface area contributed by atoms with Crippen LogP contribution >= 0.6 is 0 Å². The first-order valence-electron chi connectivity index (χ1n) is 6.60. The normalized spacial score (nSPS) is 11.5. The van der Waals surface area contributed by atoms with Crippen LogP contribution in [-0.4, -0.2) is 19.3 Å². The van der Waals surface area contributed by atoms with Crippen LogP contribution in [0.3, 0.4) is 0 Å². The summed E-state index contributed by atoms with van der Waals surface area (Å²) in [6.07, 6.45) is 4.51. The van der Waals surface area contributed by atoms with Crippen LogP contribution in [-0.2, 0) is 10.0 Å². The molecule has 0 saturated heterocycles. The third-order valence-corrected chi connectivity index (χ3v) is 3.97. The number of aryl methyl sites for hydroxylation is 2. The van der Waals surface area contributed by atoms with Gasteiger partial charge in [0.1, 0.15) is 0 Å². The van der Waals surface area contributed by atoms with Gasteiger partial charge in [-0.3, -0.25) is 9.78 Å². The van der Waals surface area contributed by atoms with E-state index in [0.29, 0.717) is 11.1 Å². The van der Waals surface area contributed by atoms with E-state index in [0.717, 1.165) is 16.5 Å². The molecule has 2 aromatic rings. The topological polar surface area (TPSA) is 76.1 Å². The van der Waals surface area contributed by atoms with Gasteiger partial charge in [0.05, 0.1) is 5.41 Å². The maximum Gasteiger partial charge on any atom is 0.265 e. The molecule has 0 unspecified atom stereocenters. The maximum absolute atomic E-state index is 12.1. The predicted molar refractivity (Wildman–Crippen MR) is 85.6 cm³/mol. The van der Waals surface area contributed by atoms with Gasteiger partial charge in [0.15, 0.2) is 0 Å². The van der Waals surface area contributed by atoms with Crippen LogP contribution in [0, 0.1) is 13.8 Å². The van der Waals surface area contributed by atoms with Gasteiger partial charge in [-0.25, -0.2) is 13.1 Å². The molecule has 1 amide bonds. The van der Waals surface area contributed by atoms with Crippen LogP contribution in [0.25, 0.3) is 6.08 Å². The standard InChI is InChI=1S/C16H16N2O3S/c1-12-3-4-15(13(2)11-12)16(19)18-22(20,21)10-7-14-5-8-17-9-6-14/h3-11H,1-2H3,(H,18,19)/b10-7+. The van der Waals surface area contributed by atoms with Gasteiger partial charge >= 0.3 is 0 Å². The fourth-order valence-electron chi connectivity index (χ4n) is 1.93. The third kappa shape index (κ3) is 4.26. The highest BCUT2D eigenvalue weighted by Crippen LogP contribution is 2.11. The summed E-state index contributed by atoms with van der Waals surface area (Å²) in [5, 5.41) is 0.962. The number of amides is 1. The van der Waals surface area contributed by atoms with Crippen LogP contribution < -0.4 is 4.72 Å². The summed E-state index contributed by atoms with van der Waals surface area (Å²) in [5.41, 5.74) is 2.76. The molecule has 0 radical (unpaired) electrons. The third-order valence-electron chi connectivity index (χ3n) is 3.01. The molecule has 22 heavy (non-hydrogen) atoms. The molecule has 0 fully saturated rings. The Bertz CT molecular complexity index is 813. The second-order valence-corrected chi connectivity index (χ2v) is 6.44. The second-order valence-electron chi connectivity index (χ2n) is 4.88. The Morgan fingerprint density at radius 1 is 1.14 bits per heavy atom. The number of nitrogens with one attached hydrogen (secondary N) is 1. The van der Waals surface area contributed by atoms with Crippen molar-refractivity contribution in [3.05, 3.63) is 70.4 Å². The Morgan fingerprint density at radius 3 is 2.45 bits per heavy atom. The van der Waals surface area contributed by atoms with Crippen molar-refractivity contribution < 1.29 is 13.2 Å². The van der Waals surface area contributed by atoms with E-state index in [1.807, 2.05) is 17.7 Å². The maximum atomic E-state index is 12.1. The average Bonchev–Trinajstić information content (AvgIpc) is 2.45. The van der Waals surface area contributed by atoms with Crippen molar-refractivity contribution in [3.8, 4) is 0 Å². The van der Waals surface area contributed by atoms with Crippen molar-refractivity contribution in [2.24, 2.45) is 0 Å². The van der Waals surface area contributed by atoms with Crippen LogP contribution in [0.15, 0.2) is 48.1 Å². The van der Waals surface area contributed by atoms with E-state index in [-0.39, 0.29) is 0 Å². The smallest absolute Gasteiger partial charge is 0.265 e. The highest BCUT2D eigenvalue weighted by Gasteiger charge is 2.15. The molecule has 0 bridgehead atoms. The minimum absolute atomic E-state index is 0.339. The number of aromatic nitrogens is 1. The number of sulfonamides is 1. The van der Waals surface area contributed by atoms with Gasteiger partial charge in [0.25, 0.3) is 15.9 Å². The highest BCUT2D eigenvalue weighted by atomic mass is 32.2. The predicted octanol–water partition coefficient (Wildman–Crippen LogP) is 2.43. The Balaban J connectivity index is 2.14. The first-order valence-corrected chi connectivity index (χ1v) is 8.14. The van der Waals surface area contributed by atoms with Crippen molar-refractivity contribution >= 4 is 22.0 Å². The number of benzene rings is 1. The zero-order valence-corrected chi connectivity index (χ0v) is 13.1. The molecule has 1 heterocycles. The van der Waals surface area contributed by atoms with E-state index in [1.54, 1.807) is 43.6 Å².